The summed E-state index contributed by atoms with van der Waals surface area (Å²) in [5.74, 6) is 0.384. The average molecular weight is 454 g/mol. The third kappa shape index (κ3) is 11.2. The second-order valence-electron chi connectivity index (χ2n) is 2.22. The number of aryl methyl sites for hydroxylation is 1. The van der Waals surface area contributed by atoms with Crippen LogP contribution in [0.2, 0.25) is 0 Å². The first kappa shape index (κ1) is 36.0. The van der Waals surface area contributed by atoms with Gasteiger partial charge in [-0.2, -0.15) is 0 Å². The molecule has 15 heavy (non-hydrogen) atoms. The molecule has 1 rings (SSSR count). The van der Waals surface area contributed by atoms with E-state index < -0.39 is 0 Å². The predicted octanol–water partition coefficient (Wildman–Crippen LogP) is -7.83. The number of nitrogens with zero attached hydrogens (tertiary/aromatic N) is 2. The number of phenolic OH excluding ortho intramolecular Hbond substituents is 1. The molecule has 0 aliphatic rings. The van der Waals surface area contributed by atoms with Crippen molar-refractivity contribution in [1.29, 1.82) is 0 Å². The quantitative estimate of drug-likeness (QED) is 0.389. The van der Waals surface area contributed by atoms with Crippen molar-refractivity contribution >= 4 is 0 Å². The van der Waals surface area contributed by atoms with Crippen molar-refractivity contribution in [3.8, 4) is 5.75 Å². The Bertz CT molecular complexity index is 224. The molecule has 0 aromatic heterocycles. The van der Waals surface area contributed by atoms with Gasteiger partial charge in [0.05, 0.1) is 0 Å². The van der Waals surface area contributed by atoms with E-state index in [0.717, 1.165) is 11.1 Å². The summed E-state index contributed by atoms with van der Waals surface area (Å²) >= 11 is 0. The molecule has 0 atom stereocenters. The molecule has 0 amide bonds. The Morgan fingerprint density at radius 2 is 1.40 bits per heavy atom. The van der Waals surface area contributed by atoms with Crippen LogP contribution >= 0.6 is 0 Å². The normalized spacial score (nSPS) is 5.73. The Morgan fingerprint density at radius 3 is 1.67 bits per heavy atom. The standard InChI is InChI=1S/C8H10O.3BrH.Cu.2N/c1-6-4-3-5-8(9)7(6)2;;;;;;/h3-5,9H,1-2H3;3*1H;;;/q;;;;+2;;/p-2. The summed E-state index contributed by atoms with van der Waals surface area (Å²) in [5.41, 5.74) is 2.10. The van der Waals surface area contributed by atoms with Gasteiger partial charge in [0.1, 0.15) is 5.75 Å². The van der Waals surface area contributed by atoms with Crippen LogP contribution in [0, 0.1) is 13.8 Å². The van der Waals surface area contributed by atoms with E-state index in [0.29, 0.717) is 5.75 Å². The van der Waals surface area contributed by atoms with Crippen LogP contribution in [0.3, 0.4) is 0 Å². The number of hydrogen-bond donors (Lipinski definition) is 1. The summed E-state index contributed by atoms with van der Waals surface area (Å²) in [6.07, 6.45) is 0. The number of hydrogen-bond acceptors (Lipinski definition) is 1. The molecule has 0 aliphatic heterocycles. The first-order valence-electron chi connectivity index (χ1n) is 2.97. The number of aromatic hydroxyl groups is 1. The molecule has 1 aromatic rings. The molecule has 0 saturated carbocycles. The third-order valence-corrected chi connectivity index (χ3v) is 1.58. The molecule has 0 aliphatic carbocycles. The summed E-state index contributed by atoms with van der Waals surface area (Å²) in [6.45, 7) is 3.89. The van der Waals surface area contributed by atoms with Gasteiger partial charge in [0, 0.05) is 12.3 Å². The molecule has 0 fully saturated rings. The van der Waals surface area contributed by atoms with E-state index in [-0.39, 0.29) is 81.7 Å². The van der Waals surface area contributed by atoms with E-state index in [4.69, 9.17) is 5.11 Å². The zero-order valence-corrected chi connectivity index (χ0v) is 13.7. The Balaban J connectivity index is -0.0000000231. The first-order valence-corrected chi connectivity index (χ1v) is 2.97. The maximum atomic E-state index is 9.10. The van der Waals surface area contributed by atoms with Gasteiger partial charge in [0.2, 0.25) is 0 Å². The van der Waals surface area contributed by atoms with Crippen LogP contribution in [0.1, 0.15) is 12.6 Å². The minimum absolute atomic E-state index is 0. The van der Waals surface area contributed by atoms with Gasteiger partial charge < -0.3 is 56.1 Å². The Morgan fingerprint density at radius 1 is 1.00 bits per heavy atom. The Kier molecular flexibility index (Phi) is 41.5. The maximum Gasteiger partial charge on any atom is 2.00 e. The first-order chi connectivity index (χ1) is 4.22. The number of rotatable bonds is 0. The monoisotopic (exact) mass is 451 g/mol. The minimum atomic E-state index is 0. The van der Waals surface area contributed by atoms with Crippen LogP contribution < -0.4 is 63.2 Å². The summed E-state index contributed by atoms with van der Waals surface area (Å²) in [6, 6.07) is 5.52. The van der Waals surface area contributed by atoms with Crippen molar-refractivity contribution in [3.63, 3.8) is 0 Å². The van der Waals surface area contributed by atoms with Crippen LogP contribution in [0.4, 0.5) is 0 Å². The second kappa shape index (κ2) is 17.3. The molecule has 7 heteroatoms. The molecular weight excluding hydrogens is 443 g/mol. The van der Waals surface area contributed by atoms with Crippen molar-refractivity contribution in [2.75, 3.05) is 0 Å². The largest absolute Gasteiger partial charge is 2.00 e. The Hall–Kier alpha value is 0.899. The zero-order valence-electron chi connectivity index (χ0n) is 9.01. The van der Waals surface area contributed by atoms with Gasteiger partial charge in [-0.05, 0) is 31.0 Å². The van der Waals surface area contributed by atoms with E-state index in [1.807, 2.05) is 26.0 Å². The van der Waals surface area contributed by atoms with Gasteiger partial charge in [-0.1, -0.05) is 12.1 Å². The van der Waals surface area contributed by atoms with E-state index in [9.17, 15) is 0 Å². The molecule has 91 valence electrons. The van der Waals surface area contributed by atoms with Gasteiger partial charge >= 0.3 is 18.5 Å². The van der Waals surface area contributed by atoms with Crippen molar-refractivity contribution in [2.45, 2.75) is 13.8 Å². The fraction of sp³-hybridized carbons (Fsp3) is 0.250. The molecule has 0 spiro atoms. The zero-order chi connectivity index (χ0) is 6.85. The van der Waals surface area contributed by atoms with Gasteiger partial charge in [-0.25, -0.2) is 0 Å². The summed E-state index contributed by atoms with van der Waals surface area (Å²) in [4.78, 5) is 0. The molecule has 1 aromatic carbocycles. The van der Waals surface area contributed by atoms with Crippen molar-refractivity contribution in [3.05, 3.63) is 29.3 Å². The summed E-state index contributed by atoms with van der Waals surface area (Å²) in [7, 11) is 0. The van der Waals surface area contributed by atoms with E-state index >= 15 is 0 Å². The molecule has 3 nitrogen and oxygen atoms in total. The molecule has 0 heterocycles. The molecular formula is C8H11Br3CuN2O. The molecule has 0 bridgehead atoms. The number of phenols is 1. The molecule has 7 radical (unpaired) electrons. The van der Waals surface area contributed by atoms with Crippen LogP contribution in [0.15, 0.2) is 18.2 Å². The topological polar surface area (TPSA) is 81.2 Å². The van der Waals surface area contributed by atoms with Crippen LogP contribution in [0.5, 0.6) is 5.75 Å². The maximum absolute atomic E-state index is 9.10. The van der Waals surface area contributed by atoms with Crippen molar-refractivity contribution in [2.24, 2.45) is 0 Å². The fourth-order valence-electron chi connectivity index (χ4n) is 0.736. The van der Waals surface area contributed by atoms with E-state index in [2.05, 4.69) is 0 Å². The van der Waals surface area contributed by atoms with Gasteiger partial charge in [0.15, 0.2) is 0 Å². The summed E-state index contributed by atoms with van der Waals surface area (Å²) in [5, 5.41) is 9.10. The van der Waals surface area contributed by atoms with Gasteiger partial charge in [-0.15, -0.1) is 0 Å². The fourth-order valence-corrected chi connectivity index (χ4v) is 0.736. The van der Waals surface area contributed by atoms with Crippen molar-refractivity contribution in [1.82, 2.24) is 12.3 Å². The van der Waals surface area contributed by atoms with E-state index in [1.54, 1.807) is 6.07 Å². The molecule has 0 saturated heterocycles. The third-order valence-electron chi connectivity index (χ3n) is 1.58. The molecule has 1 N–H and O–H groups in total. The second-order valence-corrected chi connectivity index (χ2v) is 2.22. The van der Waals surface area contributed by atoms with Crippen LogP contribution in [-0.2, 0) is 17.1 Å². The predicted molar refractivity (Wildman–Crippen MR) is 43.0 cm³/mol. The van der Waals surface area contributed by atoms with Gasteiger partial charge in [-0.3, -0.25) is 0 Å². The van der Waals surface area contributed by atoms with Gasteiger partial charge in [0.25, 0.3) is 0 Å². The number of halogens is 3. The minimum Gasteiger partial charge on any atom is -1.00 e. The SMILES string of the molecule is Cc1cccc(O)c1C.[Br-].[Br-].[Br-].[Cu+2].[H+].[N].[N]. The Labute approximate surface area is 135 Å². The van der Waals surface area contributed by atoms with Crippen LogP contribution in [-0.4, -0.2) is 5.11 Å². The number of benzene rings is 1. The summed E-state index contributed by atoms with van der Waals surface area (Å²) < 4.78 is 0. The molecule has 0 unspecified atom stereocenters. The average Bonchev–Trinajstić information content (AvgIpc) is 1.83. The van der Waals surface area contributed by atoms with Crippen LogP contribution in [0.25, 0.3) is 0 Å². The van der Waals surface area contributed by atoms with E-state index in [1.165, 1.54) is 0 Å². The van der Waals surface area contributed by atoms with Crippen molar-refractivity contribution < 1.29 is 74.5 Å². The smallest absolute Gasteiger partial charge is 1.00 e.